The molecule has 0 radical (unpaired) electrons. The predicted octanol–water partition coefficient (Wildman–Crippen LogP) is 3.50. The summed E-state index contributed by atoms with van der Waals surface area (Å²) in [7, 11) is 5.20. The Kier molecular flexibility index (Phi) is 10.6. The van der Waals surface area contributed by atoms with Crippen molar-refractivity contribution < 1.29 is 9.47 Å². The minimum atomic E-state index is 0. The second-order valence-corrected chi connectivity index (χ2v) is 6.78. The average molecular weight is 490 g/mol. The lowest BCUT2D eigenvalue weighted by Gasteiger charge is -2.22. The summed E-state index contributed by atoms with van der Waals surface area (Å²) in [5.74, 6) is 3.22. The number of aliphatic imine (C=N–C) groups is 1. The van der Waals surface area contributed by atoms with E-state index in [0.717, 1.165) is 49.2 Å². The van der Waals surface area contributed by atoms with Crippen LogP contribution >= 0.6 is 24.0 Å². The average Bonchev–Trinajstić information content (AvgIpc) is 3.15. The van der Waals surface area contributed by atoms with Crippen LogP contribution in [0, 0.1) is 5.92 Å². The van der Waals surface area contributed by atoms with Crippen LogP contribution in [0.15, 0.2) is 23.2 Å². The highest BCUT2D eigenvalue weighted by Gasteiger charge is 2.24. The molecule has 1 aliphatic rings. The molecule has 154 valence electrons. The lowest BCUT2D eigenvalue weighted by atomic mass is 10.0. The number of benzene rings is 1. The number of methoxy groups -OCH3 is 2. The SMILES string of the molecule is CCC(CC)CNC(=NC)NC1CCN(c2cc(OC)cc(OC)c2)C1.I. The van der Waals surface area contributed by atoms with Crippen molar-refractivity contribution in [2.75, 3.05) is 45.8 Å². The van der Waals surface area contributed by atoms with E-state index in [2.05, 4.69) is 46.5 Å². The summed E-state index contributed by atoms with van der Waals surface area (Å²) >= 11 is 0. The molecule has 0 aliphatic carbocycles. The zero-order valence-corrected chi connectivity index (χ0v) is 19.6. The third-order valence-electron chi connectivity index (χ3n) is 5.17. The van der Waals surface area contributed by atoms with Crippen molar-refractivity contribution in [3.05, 3.63) is 18.2 Å². The first kappa shape index (κ1) is 23.7. The molecule has 7 heteroatoms. The molecule has 0 aromatic heterocycles. The van der Waals surface area contributed by atoms with Gasteiger partial charge in [-0.15, -0.1) is 24.0 Å². The molecule has 2 N–H and O–H groups in total. The molecule has 27 heavy (non-hydrogen) atoms. The van der Waals surface area contributed by atoms with Crippen LogP contribution in [0.5, 0.6) is 11.5 Å². The molecular weight excluding hydrogens is 455 g/mol. The molecule has 0 saturated carbocycles. The Hall–Kier alpha value is -1.38. The van der Waals surface area contributed by atoms with Gasteiger partial charge in [-0.05, 0) is 12.3 Å². The second kappa shape index (κ2) is 12.2. The molecule has 1 aromatic carbocycles. The van der Waals surface area contributed by atoms with Crippen LogP contribution in [-0.2, 0) is 0 Å². The highest BCUT2D eigenvalue weighted by molar-refractivity contribution is 14.0. The number of guanidine groups is 1. The minimum Gasteiger partial charge on any atom is -0.497 e. The van der Waals surface area contributed by atoms with E-state index in [1.165, 1.54) is 12.8 Å². The van der Waals surface area contributed by atoms with Gasteiger partial charge in [0.05, 0.1) is 14.2 Å². The number of ether oxygens (including phenoxy) is 2. The normalized spacial score (nSPS) is 16.9. The molecule has 1 atom stereocenters. The maximum absolute atomic E-state index is 5.39. The van der Waals surface area contributed by atoms with Gasteiger partial charge >= 0.3 is 0 Å². The van der Waals surface area contributed by atoms with Crippen LogP contribution in [0.3, 0.4) is 0 Å². The molecule has 0 amide bonds. The number of rotatable bonds is 8. The Morgan fingerprint density at radius 2 is 1.81 bits per heavy atom. The second-order valence-electron chi connectivity index (χ2n) is 6.78. The number of nitrogens with zero attached hydrogens (tertiary/aromatic N) is 2. The summed E-state index contributed by atoms with van der Waals surface area (Å²) in [6.07, 6.45) is 3.45. The van der Waals surface area contributed by atoms with Gasteiger partial charge in [-0.1, -0.05) is 26.7 Å². The number of hydrogen-bond donors (Lipinski definition) is 2. The topological polar surface area (TPSA) is 58.1 Å². The standard InChI is InChI=1S/C20H34N4O2.HI/c1-6-15(7-2)13-22-20(21-3)23-16-8-9-24(14-16)17-10-18(25-4)12-19(11-17)26-5;/h10-12,15-16H,6-9,13-14H2,1-5H3,(H2,21,22,23);1H. The first-order valence-electron chi connectivity index (χ1n) is 9.58. The molecule has 1 heterocycles. The fourth-order valence-corrected chi connectivity index (χ4v) is 3.29. The van der Waals surface area contributed by atoms with Crippen molar-refractivity contribution in [3.63, 3.8) is 0 Å². The molecule has 1 fully saturated rings. The van der Waals surface area contributed by atoms with Crippen molar-refractivity contribution in [2.24, 2.45) is 10.9 Å². The Morgan fingerprint density at radius 3 is 2.33 bits per heavy atom. The highest BCUT2D eigenvalue weighted by Crippen LogP contribution is 2.30. The molecule has 0 spiro atoms. The Balaban J connectivity index is 0.00000364. The first-order chi connectivity index (χ1) is 12.6. The van der Waals surface area contributed by atoms with Gasteiger partial charge in [0.15, 0.2) is 5.96 Å². The van der Waals surface area contributed by atoms with Crippen LogP contribution < -0.4 is 25.0 Å². The Bertz CT molecular complexity index is 571. The molecule has 1 aromatic rings. The van der Waals surface area contributed by atoms with Crippen LogP contribution in [0.2, 0.25) is 0 Å². The van der Waals surface area contributed by atoms with E-state index in [0.29, 0.717) is 12.0 Å². The molecule has 6 nitrogen and oxygen atoms in total. The fourth-order valence-electron chi connectivity index (χ4n) is 3.29. The maximum atomic E-state index is 5.39. The molecule has 1 saturated heterocycles. The zero-order valence-electron chi connectivity index (χ0n) is 17.2. The van der Waals surface area contributed by atoms with E-state index in [1.54, 1.807) is 14.2 Å². The van der Waals surface area contributed by atoms with E-state index in [4.69, 9.17) is 9.47 Å². The van der Waals surface area contributed by atoms with Crippen LogP contribution in [0.1, 0.15) is 33.1 Å². The van der Waals surface area contributed by atoms with E-state index in [9.17, 15) is 0 Å². The van der Waals surface area contributed by atoms with Gasteiger partial charge in [0.2, 0.25) is 0 Å². The van der Waals surface area contributed by atoms with Gasteiger partial charge in [0, 0.05) is 56.6 Å². The molecule has 2 rings (SSSR count). The molecular formula is C20H35IN4O2. The van der Waals surface area contributed by atoms with E-state index >= 15 is 0 Å². The van der Waals surface area contributed by atoms with Crippen LogP contribution in [0.25, 0.3) is 0 Å². The van der Waals surface area contributed by atoms with Crippen molar-refractivity contribution in [1.82, 2.24) is 10.6 Å². The van der Waals surface area contributed by atoms with Gasteiger partial charge in [0.1, 0.15) is 11.5 Å². The summed E-state index contributed by atoms with van der Waals surface area (Å²) in [6.45, 7) is 7.38. The van der Waals surface area contributed by atoms with Crippen molar-refractivity contribution in [2.45, 2.75) is 39.2 Å². The third kappa shape index (κ3) is 6.93. The largest absolute Gasteiger partial charge is 0.497 e. The number of nitrogens with one attached hydrogen (secondary N) is 2. The molecule has 1 aliphatic heterocycles. The quantitative estimate of drug-likeness (QED) is 0.332. The molecule has 1 unspecified atom stereocenters. The summed E-state index contributed by atoms with van der Waals surface area (Å²) in [5, 5.41) is 7.03. The van der Waals surface area contributed by atoms with Crippen LogP contribution in [0.4, 0.5) is 5.69 Å². The predicted molar refractivity (Wildman–Crippen MR) is 124 cm³/mol. The van der Waals surface area contributed by atoms with Crippen molar-refractivity contribution >= 4 is 35.6 Å². The number of halogens is 1. The van der Waals surface area contributed by atoms with Gasteiger partial charge in [0.25, 0.3) is 0 Å². The van der Waals surface area contributed by atoms with Crippen molar-refractivity contribution in [3.8, 4) is 11.5 Å². The smallest absolute Gasteiger partial charge is 0.191 e. The third-order valence-corrected chi connectivity index (χ3v) is 5.17. The van der Waals surface area contributed by atoms with Gasteiger partial charge in [-0.3, -0.25) is 4.99 Å². The van der Waals surface area contributed by atoms with E-state index in [-0.39, 0.29) is 24.0 Å². The first-order valence-corrected chi connectivity index (χ1v) is 9.58. The van der Waals surface area contributed by atoms with Crippen molar-refractivity contribution in [1.29, 1.82) is 0 Å². The lowest BCUT2D eigenvalue weighted by molar-refractivity contribution is 0.394. The monoisotopic (exact) mass is 490 g/mol. The van der Waals surface area contributed by atoms with Gasteiger partial charge in [-0.2, -0.15) is 0 Å². The fraction of sp³-hybridized carbons (Fsp3) is 0.650. The number of anilines is 1. The van der Waals surface area contributed by atoms with E-state index in [1.807, 2.05) is 13.1 Å². The number of hydrogen-bond acceptors (Lipinski definition) is 4. The Morgan fingerprint density at radius 1 is 1.19 bits per heavy atom. The summed E-state index contributed by atoms with van der Waals surface area (Å²) in [6, 6.07) is 6.40. The maximum Gasteiger partial charge on any atom is 0.191 e. The summed E-state index contributed by atoms with van der Waals surface area (Å²) < 4.78 is 10.8. The lowest BCUT2D eigenvalue weighted by Crippen LogP contribution is -2.45. The Labute approximate surface area is 181 Å². The minimum absolute atomic E-state index is 0. The van der Waals surface area contributed by atoms with E-state index < -0.39 is 0 Å². The zero-order chi connectivity index (χ0) is 18.9. The summed E-state index contributed by atoms with van der Waals surface area (Å²) in [5.41, 5.74) is 1.13. The van der Waals surface area contributed by atoms with Gasteiger partial charge in [-0.25, -0.2) is 0 Å². The summed E-state index contributed by atoms with van der Waals surface area (Å²) in [4.78, 5) is 6.74. The molecule has 0 bridgehead atoms. The van der Waals surface area contributed by atoms with Crippen LogP contribution in [-0.4, -0.2) is 52.9 Å². The van der Waals surface area contributed by atoms with Gasteiger partial charge < -0.3 is 25.0 Å². The highest BCUT2D eigenvalue weighted by atomic mass is 127.